The van der Waals surface area contributed by atoms with Gasteiger partial charge >= 0.3 is 0 Å². The Labute approximate surface area is 155 Å². The van der Waals surface area contributed by atoms with Crippen LogP contribution in [0.1, 0.15) is 37.1 Å². The molecule has 0 unspecified atom stereocenters. The number of hydrogen-bond acceptors (Lipinski definition) is 7. The molecule has 8 heteroatoms. The molecule has 3 aromatic heterocycles. The predicted octanol–water partition coefficient (Wildman–Crippen LogP) is 2.19. The standard InChI is InChI=1S/C18H23N5O2S/c24-7-6-23-11-12(10-19-23)9-16-21-15-5-8-26-17(15)18(22-16)20-13-1-3-14(25)4-2-13/h5,8,10-11,13-14,24-25H,1-4,6-7,9H2,(H,20,21,22). The molecule has 1 aliphatic rings. The lowest BCUT2D eigenvalue weighted by molar-refractivity contribution is 0.126. The number of aliphatic hydroxyl groups is 2. The van der Waals surface area contributed by atoms with Gasteiger partial charge < -0.3 is 15.5 Å². The van der Waals surface area contributed by atoms with Gasteiger partial charge in [0.1, 0.15) is 11.6 Å². The molecule has 4 rings (SSSR count). The summed E-state index contributed by atoms with van der Waals surface area (Å²) < 4.78 is 2.81. The fourth-order valence-corrected chi connectivity index (χ4v) is 4.19. The van der Waals surface area contributed by atoms with Gasteiger partial charge in [-0.1, -0.05) is 0 Å². The Morgan fingerprint density at radius 3 is 2.88 bits per heavy atom. The van der Waals surface area contributed by atoms with E-state index in [4.69, 9.17) is 10.1 Å². The molecular weight excluding hydrogens is 350 g/mol. The highest BCUT2D eigenvalue weighted by atomic mass is 32.1. The molecular formula is C18H23N5O2S. The van der Waals surface area contributed by atoms with Crippen molar-refractivity contribution in [2.24, 2.45) is 0 Å². The third-order valence-electron chi connectivity index (χ3n) is 4.77. The number of nitrogens with one attached hydrogen (secondary N) is 1. The second kappa shape index (κ2) is 7.69. The number of aliphatic hydroxyl groups excluding tert-OH is 2. The number of fused-ring (bicyclic) bond motifs is 1. The quantitative estimate of drug-likeness (QED) is 0.613. The molecule has 1 saturated carbocycles. The Kier molecular flexibility index (Phi) is 5.14. The minimum absolute atomic E-state index is 0.0721. The third kappa shape index (κ3) is 3.87. The van der Waals surface area contributed by atoms with E-state index in [0.29, 0.717) is 19.0 Å². The fraction of sp³-hybridized carbons (Fsp3) is 0.500. The van der Waals surface area contributed by atoms with Crippen molar-refractivity contribution >= 4 is 27.4 Å². The first-order valence-electron chi connectivity index (χ1n) is 9.02. The van der Waals surface area contributed by atoms with Crippen molar-refractivity contribution in [3.8, 4) is 0 Å². The normalized spacial score (nSPS) is 20.5. The Morgan fingerprint density at radius 2 is 2.08 bits per heavy atom. The van der Waals surface area contributed by atoms with Crippen LogP contribution in [0, 0.1) is 0 Å². The minimum atomic E-state index is -0.161. The van der Waals surface area contributed by atoms with E-state index in [-0.39, 0.29) is 12.7 Å². The van der Waals surface area contributed by atoms with Crippen LogP contribution >= 0.6 is 11.3 Å². The number of thiophene rings is 1. The lowest BCUT2D eigenvalue weighted by atomic mass is 9.93. The summed E-state index contributed by atoms with van der Waals surface area (Å²) in [6, 6.07) is 2.37. The van der Waals surface area contributed by atoms with Crippen molar-refractivity contribution in [1.82, 2.24) is 19.7 Å². The van der Waals surface area contributed by atoms with Crippen LogP contribution in [-0.4, -0.2) is 48.7 Å². The van der Waals surface area contributed by atoms with E-state index >= 15 is 0 Å². The van der Waals surface area contributed by atoms with Crippen molar-refractivity contribution in [2.45, 2.75) is 50.8 Å². The number of hydrogen-bond donors (Lipinski definition) is 3. The van der Waals surface area contributed by atoms with E-state index in [1.54, 1.807) is 22.2 Å². The van der Waals surface area contributed by atoms with E-state index in [1.165, 1.54) is 0 Å². The van der Waals surface area contributed by atoms with Crippen LogP contribution in [0.5, 0.6) is 0 Å². The van der Waals surface area contributed by atoms with Gasteiger partial charge in [0, 0.05) is 18.7 Å². The molecule has 0 bridgehead atoms. The zero-order chi connectivity index (χ0) is 17.9. The summed E-state index contributed by atoms with van der Waals surface area (Å²) in [6.45, 7) is 0.563. The van der Waals surface area contributed by atoms with E-state index in [1.807, 2.05) is 17.6 Å². The van der Waals surface area contributed by atoms with Gasteiger partial charge in [0.2, 0.25) is 0 Å². The fourth-order valence-electron chi connectivity index (χ4n) is 3.41. The highest BCUT2D eigenvalue weighted by Gasteiger charge is 2.21. The molecule has 0 spiro atoms. The maximum absolute atomic E-state index is 9.71. The lowest BCUT2D eigenvalue weighted by Crippen LogP contribution is -2.28. The molecule has 1 aliphatic carbocycles. The first-order chi connectivity index (χ1) is 12.7. The van der Waals surface area contributed by atoms with Crippen LogP contribution in [0.3, 0.4) is 0 Å². The van der Waals surface area contributed by atoms with Crippen LogP contribution in [0.4, 0.5) is 5.82 Å². The molecule has 26 heavy (non-hydrogen) atoms. The summed E-state index contributed by atoms with van der Waals surface area (Å²) in [5.74, 6) is 1.65. The van der Waals surface area contributed by atoms with Crippen LogP contribution in [0.15, 0.2) is 23.8 Å². The summed E-state index contributed by atoms with van der Waals surface area (Å²) in [7, 11) is 0. The predicted molar refractivity (Wildman–Crippen MR) is 101 cm³/mol. The molecule has 0 aliphatic heterocycles. The van der Waals surface area contributed by atoms with Gasteiger partial charge in [-0.15, -0.1) is 11.3 Å². The number of nitrogens with zero attached hydrogens (tertiary/aromatic N) is 4. The maximum Gasteiger partial charge on any atom is 0.148 e. The lowest BCUT2D eigenvalue weighted by Gasteiger charge is -2.26. The molecule has 7 nitrogen and oxygen atoms in total. The van der Waals surface area contributed by atoms with Crippen molar-refractivity contribution in [2.75, 3.05) is 11.9 Å². The Balaban J connectivity index is 1.55. The third-order valence-corrected chi connectivity index (χ3v) is 5.68. The number of aromatic nitrogens is 4. The van der Waals surface area contributed by atoms with E-state index in [0.717, 1.165) is 53.1 Å². The number of anilines is 1. The molecule has 0 aromatic carbocycles. The average Bonchev–Trinajstić information content (AvgIpc) is 3.27. The smallest absolute Gasteiger partial charge is 0.148 e. The topological polar surface area (TPSA) is 96.1 Å². The van der Waals surface area contributed by atoms with E-state index in [2.05, 4.69) is 15.4 Å². The van der Waals surface area contributed by atoms with Crippen LogP contribution < -0.4 is 5.32 Å². The highest BCUT2D eigenvalue weighted by molar-refractivity contribution is 7.17. The minimum Gasteiger partial charge on any atom is -0.394 e. The SMILES string of the molecule is OCCn1cc(Cc2nc(NC3CCC(O)CC3)c3sccc3n2)cn1. The molecule has 3 heterocycles. The Bertz CT molecular complexity index is 869. The van der Waals surface area contributed by atoms with Crippen LogP contribution in [0.2, 0.25) is 0 Å². The van der Waals surface area contributed by atoms with Gasteiger partial charge in [0.25, 0.3) is 0 Å². The summed E-state index contributed by atoms with van der Waals surface area (Å²) in [4.78, 5) is 9.46. The van der Waals surface area contributed by atoms with Gasteiger partial charge in [-0.2, -0.15) is 5.10 Å². The second-order valence-electron chi connectivity index (χ2n) is 6.79. The summed E-state index contributed by atoms with van der Waals surface area (Å²) in [6.07, 6.45) is 7.77. The molecule has 0 atom stereocenters. The van der Waals surface area contributed by atoms with Crippen LogP contribution in [-0.2, 0) is 13.0 Å². The van der Waals surface area contributed by atoms with Crippen molar-refractivity contribution < 1.29 is 10.2 Å². The van der Waals surface area contributed by atoms with Gasteiger partial charge in [0.05, 0.1) is 35.7 Å². The first kappa shape index (κ1) is 17.4. The number of rotatable bonds is 6. The van der Waals surface area contributed by atoms with Gasteiger partial charge in [-0.25, -0.2) is 9.97 Å². The molecule has 0 saturated heterocycles. The van der Waals surface area contributed by atoms with E-state index in [9.17, 15) is 5.11 Å². The summed E-state index contributed by atoms with van der Waals surface area (Å²) in [5.41, 5.74) is 1.99. The molecule has 138 valence electrons. The Morgan fingerprint density at radius 1 is 1.23 bits per heavy atom. The van der Waals surface area contributed by atoms with Gasteiger partial charge in [-0.05, 0) is 42.7 Å². The van der Waals surface area contributed by atoms with Crippen molar-refractivity contribution in [3.05, 3.63) is 35.2 Å². The average molecular weight is 373 g/mol. The monoisotopic (exact) mass is 373 g/mol. The maximum atomic E-state index is 9.71. The summed E-state index contributed by atoms with van der Waals surface area (Å²) in [5, 5.41) is 28.6. The highest BCUT2D eigenvalue weighted by Crippen LogP contribution is 2.29. The molecule has 3 aromatic rings. The molecule has 3 N–H and O–H groups in total. The molecule has 0 radical (unpaired) electrons. The van der Waals surface area contributed by atoms with Crippen molar-refractivity contribution in [3.63, 3.8) is 0 Å². The molecule has 1 fully saturated rings. The zero-order valence-electron chi connectivity index (χ0n) is 14.5. The zero-order valence-corrected chi connectivity index (χ0v) is 15.3. The van der Waals surface area contributed by atoms with Gasteiger partial charge in [0.15, 0.2) is 0 Å². The molecule has 0 amide bonds. The summed E-state index contributed by atoms with van der Waals surface area (Å²) >= 11 is 1.65. The Hall–Kier alpha value is -2.03. The van der Waals surface area contributed by atoms with Gasteiger partial charge in [-0.3, -0.25) is 4.68 Å². The van der Waals surface area contributed by atoms with Crippen molar-refractivity contribution in [1.29, 1.82) is 0 Å². The largest absolute Gasteiger partial charge is 0.394 e. The first-order valence-corrected chi connectivity index (χ1v) is 9.90. The van der Waals surface area contributed by atoms with Crippen LogP contribution in [0.25, 0.3) is 10.2 Å². The second-order valence-corrected chi connectivity index (χ2v) is 7.70. The van der Waals surface area contributed by atoms with E-state index < -0.39 is 0 Å².